The van der Waals surface area contributed by atoms with E-state index >= 15 is 4.39 Å². The highest BCUT2D eigenvalue weighted by molar-refractivity contribution is 9.10. The van der Waals surface area contributed by atoms with Crippen LogP contribution in [0.4, 0.5) is 15.8 Å². The maximum Gasteiger partial charge on any atom is 0.242 e. The number of fused-ring (bicyclic) bond motifs is 2. The minimum Gasteiger partial charge on any atom is -0.495 e. The Morgan fingerprint density at radius 2 is 1.98 bits per heavy atom. The van der Waals surface area contributed by atoms with Gasteiger partial charge in [0.05, 0.1) is 34.9 Å². The molecule has 1 spiro atoms. The maximum atomic E-state index is 16.0. The summed E-state index contributed by atoms with van der Waals surface area (Å²) in [6, 6.07) is 15.3. The second-order valence-corrected chi connectivity index (χ2v) is 12.9. The van der Waals surface area contributed by atoms with E-state index in [1.807, 2.05) is 0 Å². The number of nitrogens with one attached hydrogen (secondary N) is 3. The van der Waals surface area contributed by atoms with Gasteiger partial charge in [-0.25, -0.2) is 4.39 Å². The highest BCUT2D eigenvalue weighted by Crippen LogP contribution is 2.57. The molecule has 0 saturated carbocycles. The molecular formula is C31H29BrClFN4O3. The van der Waals surface area contributed by atoms with Crippen LogP contribution in [0.15, 0.2) is 59.1 Å². The number of hydrogen-bond acceptors (Lipinski definition) is 5. The Balaban J connectivity index is 1.71. The fraction of sp³-hybridized carbons (Fsp3) is 0.323. The largest absolute Gasteiger partial charge is 0.495 e. The lowest BCUT2D eigenvalue weighted by molar-refractivity contribution is -0.122. The summed E-state index contributed by atoms with van der Waals surface area (Å²) in [6.45, 7) is 6.17. The van der Waals surface area contributed by atoms with Gasteiger partial charge in [-0.3, -0.25) is 9.59 Å². The molecule has 2 amide bonds. The summed E-state index contributed by atoms with van der Waals surface area (Å²) in [7, 11) is 1.44. The Morgan fingerprint density at radius 1 is 1.22 bits per heavy atom. The van der Waals surface area contributed by atoms with Crippen molar-refractivity contribution in [3.8, 4) is 11.8 Å². The van der Waals surface area contributed by atoms with Crippen LogP contribution in [0, 0.1) is 22.6 Å². The average Bonchev–Trinajstić information content (AvgIpc) is 3.39. The van der Waals surface area contributed by atoms with Gasteiger partial charge in [-0.05, 0) is 69.2 Å². The van der Waals surface area contributed by atoms with Crippen LogP contribution in [0.2, 0.25) is 5.02 Å². The van der Waals surface area contributed by atoms with E-state index in [2.05, 4.69) is 58.7 Å². The van der Waals surface area contributed by atoms with Gasteiger partial charge in [0.15, 0.2) is 0 Å². The lowest BCUT2D eigenvalue weighted by atomic mass is 9.62. The molecule has 2 aliphatic heterocycles. The Labute approximate surface area is 251 Å². The zero-order valence-electron chi connectivity index (χ0n) is 22.9. The van der Waals surface area contributed by atoms with Gasteiger partial charge in [0, 0.05) is 28.7 Å². The summed E-state index contributed by atoms with van der Waals surface area (Å²) in [5.74, 6) is -1.96. The van der Waals surface area contributed by atoms with E-state index in [0.29, 0.717) is 39.7 Å². The van der Waals surface area contributed by atoms with Crippen molar-refractivity contribution in [3.05, 3.63) is 86.6 Å². The topological polar surface area (TPSA) is 103 Å². The zero-order chi connectivity index (χ0) is 29.7. The molecule has 3 N–H and O–H groups in total. The smallest absolute Gasteiger partial charge is 0.242 e. The van der Waals surface area contributed by atoms with E-state index in [1.165, 1.54) is 13.2 Å². The molecule has 2 aliphatic rings. The van der Waals surface area contributed by atoms with E-state index in [4.69, 9.17) is 16.3 Å². The van der Waals surface area contributed by atoms with Crippen molar-refractivity contribution in [2.45, 2.75) is 50.6 Å². The number of carbonyl (C=O) groups is 2. The third-order valence-corrected chi connectivity index (χ3v) is 8.66. The molecule has 1 fully saturated rings. The van der Waals surface area contributed by atoms with E-state index in [-0.39, 0.29) is 21.4 Å². The fourth-order valence-corrected chi connectivity index (χ4v) is 6.78. The van der Waals surface area contributed by atoms with Gasteiger partial charge < -0.3 is 20.7 Å². The van der Waals surface area contributed by atoms with Crippen molar-refractivity contribution in [1.82, 2.24) is 5.32 Å². The highest BCUT2D eigenvalue weighted by atomic mass is 79.9. The molecule has 4 atom stereocenters. The molecule has 3 aromatic carbocycles. The van der Waals surface area contributed by atoms with Crippen LogP contribution >= 0.6 is 27.5 Å². The Morgan fingerprint density at radius 3 is 2.66 bits per heavy atom. The van der Waals surface area contributed by atoms with Crippen molar-refractivity contribution < 1.29 is 18.7 Å². The first kappa shape index (κ1) is 29.1. The predicted octanol–water partition coefficient (Wildman–Crippen LogP) is 6.51. The van der Waals surface area contributed by atoms with Crippen LogP contribution in [0.3, 0.4) is 0 Å². The van der Waals surface area contributed by atoms with Crippen LogP contribution in [-0.2, 0) is 15.0 Å². The molecule has 0 radical (unpaired) electrons. The molecule has 2 heterocycles. The summed E-state index contributed by atoms with van der Waals surface area (Å²) >= 11 is 9.60. The lowest BCUT2D eigenvalue weighted by Gasteiger charge is -2.37. The molecule has 41 heavy (non-hydrogen) atoms. The third kappa shape index (κ3) is 4.99. The Kier molecular flexibility index (Phi) is 7.62. The van der Waals surface area contributed by atoms with Crippen LogP contribution in [0.5, 0.6) is 5.75 Å². The van der Waals surface area contributed by atoms with Gasteiger partial charge in [-0.15, -0.1) is 0 Å². The molecule has 0 bridgehead atoms. The molecule has 0 aliphatic carbocycles. The molecule has 3 aromatic rings. The summed E-state index contributed by atoms with van der Waals surface area (Å²) in [6.07, 6.45) is 0.512. The van der Waals surface area contributed by atoms with Gasteiger partial charge in [0.25, 0.3) is 0 Å². The van der Waals surface area contributed by atoms with Crippen LogP contribution in [0.25, 0.3) is 0 Å². The van der Waals surface area contributed by atoms with Gasteiger partial charge in [-0.2, -0.15) is 5.26 Å². The number of anilines is 2. The van der Waals surface area contributed by atoms with Crippen molar-refractivity contribution in [1.29, 1.82) is 5.26 Å². The van der Waals surface area contributed by atoms with Gasteiger partial charge in [0.1, 0.15) is 17.0 Å². The van der Waals surface area contributed by atoms with E-state index < -0.39 is 35.1 Å². The number of nitrogens with zero attached hydrogens (tertiary/aromatic N) is 1. The number of methoxy groups -OCH3 is 1. The van der Waals surface area contributed by atoms with Crippen molar-refractivity contribution in [2.75, 3.05) is 17.7 Å². The number of benzene rings is 3. The maximum absolute atomic E-state index is 16.0. The summed E-state index contributed by atoms with van der Waals surface area (Å²) in [4.78, 5) is 28.4. The fourth-order valence-electron chi connectivity index (χ4n) is 6.23. The number of nitriles is 1. The van der Waals surface area contributed by atoms with Gasteiger partial charge in [0.2, 0.25) is 11.8 Å². The molecule has 10 heteroatoms. The van der Waals surface area contributed by atoms with Crippen LogP contribution < -0.4 is 20.7 Å². The van der Waals surface area contributed by atoms with Crippen LogP contribution in [0.1, 0.15) is 49.8 Å². The minimum atomic E-state index is -1.33. The number of carbonyl (C=O) groups excluding carboxylic acids is 2. The molecule has 1 saturated heterocycles. The number of amides is 2. The van der Waals surface area contributed by atoms with E-state index in [0.717, 1.165) is 0 Å². The highest BCUT2D eigenvalue weighted by Gasteiger charge is 2.66. The monoisotopic (exact) mass is 638 g/mol. The predicted molar refractivity (Wildman–Crippen MR) is 160 cm³/mol. The first-order valence-electron chi connectivity index (χ1n) is 13.1. The first-order chi connectivity index (χ1) is 19.4. The number of hydrogen-bond donors (Lipinski definition) is 3. The molecule has 7 nitrogen and oxygen atoms in total. The quantitative estimate of drug-likeness (QED) is 0.295. The number of halogens is 3. The van der Waals surface area contributed by atoms with Crippen LogP contribution in [-0.4, -0.2) is 31.0 Å². The normalized spacial score (nSPS) is 23.2. The Bertz CT molecular complexity index is 1600. The minimum absolute atomic E-state index is 0.229. The zero-order valence-corrected chi connectivity index (χ0v) is 25.3. The summed E-state index contributed by atoms with van der Waals surface area (Å²) < 4.78 is 21.6. The van der Waals surface area contributed by atoms with E-state index in [1.54, 1.807) is 48.5 Å². The standard InChI is InChI=1S/C31H29BrClFN4O3/c1-30(2,3)14-24-31(19-10-9-17(33)13-22(19)37-29(31)40)25(18-6-5-7-20(32)26(18)34)27(38-24)28(39)36-21-11-8-16(15-35)12-23(21)41-4/h5-13,24-25,27,38H,14H2,1-4H3,(H,36,39)(H,37,40)/t24-,25-,27+,31+/m0/s1. The summed E-state index contributed by atoms with van der Waals surface area (Å²) in [5, 5.41) is 19.1. The summed E-state index contributed by atoms with van der Waals surface area (Å²) in [5.41, 5.74) is 0.572. The second kappa shape index (κ2) is 10.8. The van der Waals surface area contributed by atoms with E-state index in [9.17, 15) is 14.9 Å². The van der Waals surface area contributed by atoms with Crippen molar-refractivity contribution in [3.63, 3.8) is 0 Å². The molecule has 212 valence electrons. The van der Waals surface area contributed by atoms with Gasteiger partial charge >= 0.3 is 0 Å². The first-order valence-corrected chi connectivity index (χ1v) is 14.3. The van der Waals surface area contributed by atoms with Crippen molar-refractivity contribution in [2.24, 2.45) is 5.41 Å². The molecule has 0 unspecified atom stereocenters. The Hall–Kier alpha value is -3.45. The second-order valence-electron chi connectivity index (χ2n) is 11.6. The number of ether oxygens (including phenoxy) is 1. The third-order valence-electron chi connectivity index (χ3n) is 7.81. The van der Waals surface area contributed by atoms with Crippen molar-refractivity contribution >= 4 is 50.7 Å². The molecular weight excluding hydrogens is 611 g/mol. The average molecular weight is 640 g/mol. The lowest BCUT2D eigenvalue weighted by Crippen LogP contribution is -2.49. The number of rotatable bonds is 5. The SMILES string of the molecule is COc1cc(C#N)ccc1NC(=O)[C@@H]1N[C@@H](CC(C)(C)C)[C@@]2(C(=O)Nc3cc(Cl)ccc32)[C@H]1c1cccc(Br)c1F. The molecule has 0 aromatic heterocycles. The van der Waals surface area contributed by atoms with Gasteiger partial charge in [-0.1, -0.05) is 50.6 Å². The molecule has 5 rings (SSSR count).